The second-order valence-corrected chi connectivity index (χ2v) is 8.56. The van der Waals surface area contributed by atoms with E-state index in [9.17, 15) is 4.79 Å². The fourth-order valence-corrected chi connectivity index (χ4v) is 4.44. The number of fused-ring (bicyclic) bond motifs is 1. The maximum absolute atomic E-state index is 12.4. The van der Waals surface area contributed by atoms with Gasteiger partial charge in [0, 0.05) is 27.8 Å². The standard InChI is InChI=1S/C28H23Cl2NO2/c1-18(26-13-11-19-10-12-22(30)17-27(19)31-26)20-6-5-7-21(16-20)23(14-15-29)24-8-3-4-9-25(24)28(32)33-2/h3-13,16-17,23H,1,14-15H2,2H3. The molecule has 0 spiro atoms. The van der Waals surface area contributed by atoms with E-state index in [0.717, 1.165) is 38.9 Å². The minimum atomic E-state index is -0.357. The van der Waals surface area contributed by atoms with Gasteiger partial charge in [0.25, 0.3) is 0 Å². The first-order valence-electron chi connectivity index (χ1n) is 10.6. The fraction of sp³-hybridized carbons (Fsp3) is 0.143. The van der Waals surface area contributed by atoms with Crippen LogP contribution in [0.5, 0.6) is 0 Å². The lowest BCUT2D eigenvalue weighted by atomic mass is 9.85. The van der Waals surface area contributed by atoms with Gasteiger partial charge < -0.3 is 4.74 Å². The first kappa shape index (κ1) is 23.0. The number of alkyl halides is 1. The number of rotatable bonds is 7. The molecule has 0 saturated carbocycles. The van der Waals surface area contributed by atoms with Gasteiger partial charge in [0.15, 0.2) is 0 Å². The van der Waals surface area contributed by atoms with Gasteiger partial charge in [-0.05, 0) is 47.4 Å². The number of halogens is 2. The quantitative estimate of drug-likeness (QED) is 0.205. The average molecular weight is 476 g/mol. The molecule has 3 aromatic carbocycles. The van der Waals surface area contributed by atoms with Crippen LogP contribution in [0, 0.1) is 0 Å². The molecule has 0 aliphatic carbocycles. The van der Waals surface area contributed by atoms with Crippen LogP contribution in [-0.2, 0) is 4.74 Å². The molecule has 0 aliphatic rings. The zero-order valence-corrected chi connectivity index (χ0v) is 19.7. The second kappa shape index (κ2) is 10.2. The number of hydrogen-bond acceptors (Lipinski definition) is 3. The van der Waals surface area contributed by atoms with Gasteiger partial charge in [-0.25, -0.2) is 9.78 Å². The molecule has 0 amide bonds. The van der Waals surface area contributed by atoms with E-state index in [-0.39, 0.29) is 11.9 Å². The lowest BCUT2D eigenvalue weighted by Gasteiger charge is -2.20. The third-order valence-corrected chi connectivity index (χ3v) is 6.19. The molecule has 1 atom stereocenters. The number of hydrogen-bond donors (Lipinski definition) is 0. The summed E-state index contributed by atoms with van der Waals surface area (Å²) in [5.74, 6) is 0.0388. The average Bonchev–Trinajstić information content (AvgIpc) is 2.86. The van der Waals surface area contributed by atoms with Gasteiger partial charge in [-0.3, -0.25) is 0 Å². The van der Waals surface area contributed by atoms with E-state index in [1.165, 1.54) is 7.11 Å². The van der Waals surface area contributed by atoms with Gasteiger partial charge in [0.2, 0.25) is 0 Å². The van der Waals surface area contributed by atoms with Crippen LogP contribution in [0.2, 0.25) is 5.02 Å². The number of benzene rings is 3. The Balaban J connectivity index is 1.73. The number of ether oxygens (including phenoxy) is 1. The molecular weight excluding hydrogens is 453 g/mol. The molecule has 166 valence electrons. The lowest BCUT2D eigenvalue weighted by Crippen LogP contribution is -2.11. The molecule has 3 nitrogen and oxygen atoms in total. The molecular formula is C28H23Cl2NO2. The van der Waals surface area contributed by atoms with Crippen molar-refractivity contribution in [3.63, 3.8) is 0 Å². The Labute approximate surface area is 203 Å². The van der Waals surface area contributed by atoms with Crippen molar-refractivity contribution in [2.24, 2.45) is 0 Å². The van der Waals surface area contributed by atoms with Gasteiger partial charge in [0.1, 0.15) is 0 Å². The summed E-state index contributed by atoms with van der Waals surface area (Å²) in [5.41, 5.74) is 5.87. The topological polar surface area (TPSA) is 39.2 Å². The van der Waals surface area contributed by atoms with Crippen molar-refractivity contribution in [2.75, 3.05) is 13.0 Å². The number of pyridine rings is 1. The fourth-order valence-electron chi connectivity index (χ4n) is 4.06. The third kappa shape index (κ3) is 4.95. The monoisotopic (exact) mass is 475 g/mol. The minimum Gasteiger partial charge on any atom is -0.465 e. The van der Waals surface area contributed by atoms with Gasteiger partial charge in [-0.15, -0.1) is 11.6 Å². The summed E-state index contributed by atoms with van der Waals surface area (Å²) >= 11 is 12.3. The second-order valence-electron chi connectivity index (χ2n) is 7.75. The number of carbonyl (C=O) groups is 1. The van der Waals surface area contributed by atoms with Crippen LogP contribution in [0.15, 0.2) is 85.4 Å². The summed E-state index contributed by atoms with van der Waals surface area (Å²) in [6.45, 7) is 4.31. The van der Waals surface area contributed by atoms with E-state index in [0.29, 0.717) is 22.9 Å². The molecule has 0 saturated heterocycles. The molecule has 1 aromatic heterocycles. The molecule has 5 heteroatoms. The molecule has 0 aliphatic heterocycles. The van der Waals surface area contributed by atoms with Gasteiger partial charge in [-0.1, -0.05) is 72.8 Å². The highest BCUT2D eigenvalue weighted by atomic mass is 35.5. The SMILES string of the molecule is C=C(c1cccc(C(CCCl)c2ccccc2C(=O)OC)c1)c1ccc2ccc(Cl)cc2n1. The Morgan fingerprint density at radius 1 is 1.03 bits per heavy atom. The van der Waals surface area contributed by atoms with Crippen LogP contribution < -0.4 is 0 Å². The Hall–Kier alpha value is -3.14. The van der Waals surface area contributed by atoms with Crippen molar-refractivity contribution in [1.82, 2.24) is 4.98 Å². The smallest absolute Gasteiger partial charge is 0.338 e. The molecule has 4 aromatic rings. The number of nitrogens with zero attached hydrogens (tertiary/aromatic N) is 1. The van der Waals surface area contributed by atoms with Crippen LogP contribution >= 0.6 is 23.2 Å². The van der Waals surface area contributed by atoms with E-state index in [2.05, 4.69) is 18.7 Å². The summed E-state index contributed by atoms with van der Waals surface area (Å²) in [7, 11) is 1.39. The van der Waals surface area contributed by atoms with E-state index in [1.807, 2.05) is 60.7 Å². The van der Waals surface area contributed by atoms with E-state index >= 15 is 0 Å². The normalized spacial score (nSPS) is 11.8. The minimum absolute atomic E-state index is 0.0612. The zero-order valence-electron chi connectivity index (χ0n) is 18.2. The van der Waals surface area contributed by atoms with Gasteiger partial charge in [-0.2, -0.15) is 0 Å². The number of carbonyl (C=O) groups excluding carboxylic acids is 1. The highest BCUT2D eigenvalue weighted by molar-refractivity contribution is 6.31. The van der Waals surface area contributed by atoms with Crippen LogP contribution in [0.25, 0.3) is 16.5 Å². The van der Waals surface area contributed by atoms with E-state index in [1.54, 1.807) is 6.07 Å². The first-order chi connectivity index (χ1) is 16.0. The molecule has 0 radical (unpaired) electrons. The number of aromatic nitrogens is 1. The summed E-state index contributed by atoms with van der Waals surface area (Å²) in [6, 6.07) is 25.3. The summed E-state index contributed by atoms with van der Waals surface area (Å²) in [4.78, 5) is 17.1. The van der Waals surface area contributed by atoms with Crippen molar-refractivity contribution in [2.45, 2.75) is 12.3 Å². The Morgan fingerprint density at radius 3 is 2.61 bits per heavy atom. The van der Waals surface area contributed by atoms with E-state index in [4.69, 9.17) is 32.9 Å². The highest BCUT2D eigenvalue weighted by Crippen LogP contribution is 2.33. The van der Waals surface area contributed by atoms with Gasteiger partial charge in [0.05, 0.1) is 23.9 Å². The van der Waals surface area contributed by atoms with Crippen molar-refractivity contribution in [1.29, 1.82) is 0 Å². The molecule has 33 heavy (non-hydrogen) atoms. The summed E-state index contributed by atoms with van der Waals surface area (Å²) < 4.78 is 5.00. The Bertz CT molecular complexity index is 1330. The Morgan fingerprint density at radius 2 is 1.82 bits per heavy atom. The van der Waals surface area contributed by atoms with Crippen molar-refractivity contribution in [3.05, 3.63) is 118 Å². The first-order valence-corrected chi connectivity index (χ1v) is 11.5. The van der Waals surface area contributed by atoms with Crippen LogP contribution in [0.3, 0.4) is 0 Å². The lowest BCUT2D eigenvalue weighted by molar-refractivity contribution is 0.0599. The van der Waals surface area contributed by atoms with Crippen LogP contribution in [0.1, 0.15) is 45.1 Å². The third-order valence-electron chi connectivity index (χ3n) is 5.74. The molecule has 0 N–H and O–H groups in total. The maximum Gasteiger partial charge on any atom is 0.338 e. The van der Waals surface area contributed by atoms with Crippen molar-refractivity contribution in [3.8, 4) is 0 Å². The summed E-state index contributed by atoms with van der Waals surface area (Å²) in [5, 5.41) is 1.67. The summed E-state index contributed by atoms with van der Waals surface area (Å²) in [6.07, 6.45) is 0.679. The molecule has 1 heterocycles. The number of esters is 1. The van der Waals surface area contributed by atoms with Gasteiger partial charge >= 0.3 is 5.97 Å². The van der Waals surface area contributed by atoms with Crippen molar-refractivity contribution >= 4 is 45.6 Å². The predicted molar refractivity (Wildman–Crippen MR) is 136 cm³/mol. The van der Waals surface area contributed by atoms with Crippen molar-refractivity contribution < 1.29 is 9.53 Å². The molecule has 0 fully saturated rings. The van der Waals surface area contributed by atoms with Crippen LogP contribution in [0.4, 0.5) is 0 Å². The van der Waals surface area contributed by atoms with Crippen LogP contribution in [-0.4, -0.2) is 23.9 Å². The number of methoxy groups -OCH3 is 1. The molecule has 0 bridgehead atoms. The zero-order chi connectivity index (χ0) is 23.4. The molecule has 4 rings (SSSR count). The molecule has 1 unspecified atom stereocenters. The highest BCUT2D eigenvalue weighted by Gasteiger charge is 2.21. The predicted octanol–water partition coefficient (Wildman–Crippen LogP) is 7.50. The van der Waals surface area contributed by atoms with E-state index < -0.39 is 0 Å². The Kier molecular flexibility index (Phi) is 7.12. The maximum atomic E-state index is 12.4. The largest absolute Gasteiger partial charge is 0.465 e.